The van der Waals surface area contributed by atoms with Gasteiger partial charge in [0.25, 0.3) is 0 Å². The van der Waals surface area contributed by atoms with Crippen LogP contribution in [0.3, 0.4) is 0 Å². The van der Waals surface area contributed by atoms with Crippen molar-refractivity contribution in [3.63, 3.8) is 0 Å². The lowest BCUT2D eigenvalue weighted by molar-refractivity contribution is 0.668. The summed E-state index contributed by atoms with van der Waals surface area (Å²) in [7, 11) is 0. The Kier molecular flexibility index (Phi) is 8.83. The van der Waals surface area contributed by atoms with Gasteiger partial charge in [0.1, 0.15) is 22.3 Å². The molecular weight excluding hydrogens is 843 g/mol. The van der Waals surface area contributed by atoms with E-state index in [-0.39, 0.29) is 0 Å². The second-order valence-corrected chi connectivity index (χ2v) is 17.7. The fourth-order valence-corrected chi connectivity index (χ4v) is 10.6. The van der Waals surface area contributed by atoms with E-state index < -0.39 is 0 Å². The van der Waals surface area contributed by atoms with Gasteiger partial charge in [-0.05, 0) is 143 Å². The summed E-state index contributed by atoms with van der Waals surface area (Å²) in [4.78, 5) is 4.61. The highest BCUT2D eigenvalue weighted by Gasteiger charge is 2.22. The maximum atomic E-state index is 6.78. The van der Waals surface area contributed by atoms with Crippen LogP contribution in [0.4, 0.5) is 34.1 Å². The summed E-state index contributed by atoms with van der Waals surface area (Å²) in [5.41, 5.74) is 15.5. The number of benzene rings is 11. The van der Waals surface area contributed by atoms with Crippen molar-refractivity contribution in [1.82, 2.24) is 4.57 Å². The van der Waals surface area contributed by atoms with E-state index >= 15 is 0 Å². The topological polar surface area (TPSA) is 37.7 Å². The number of nitrogens with zero attached hydrogens (tertiary/aromatic N) is 3. The SMILES string of the molecule is c1ccc(-c2ccc(N(c3ccccc3)c3ccc4c(c3)oc3ccc5c(ccc6oc7cc(N(c8ccccc8)c8ccc9c(c8)c8ccccc8n9-c8ccccc8)ccc7c65)c34)cc2)cc1. The molecule has 3 aromatic heterocycles. The minimum atomic E-state index is 0.831. The molecule has 0 amide bonds. The third kappa shape index (κ3) is 6.32. The number of hydrogen-bond donors (Lipinski definition) is 0. The molecule has 11 aromatic carbocycles. The molecular formula is C64H41N3O2. The van der Waals surface area contributed by atoms with Gasteiger partial charge in [0.15, 0.2) is 0 Å². The summed E-state index contributed by atoms with van der Waals surface area (Å²) in [6.07, 6.45) is 0. The van der Waals surface area contributed by atoms with Gasteiger partial charge in [-0.1, -0.05) is 115 Å². The lowest BCUT2D eigenvalue weighted by atomic mass is 9.99. The van der Waals surface area contributed by atoms with Gasteiger partial charge in [-0.2, -0.15) is 0 Å². The maximum Gasteiger partial charge on any atom is 0.137 e. The summed E-state index contributed by atoms with van der Waals surface area (Å²) >= 11 is 0. The summed E-state index contributed by atoms with van der Waals surface area (Å²) in [5, 5.41) is 9.00. The average molecular weight is 884 g/mol. The summed E-state index contributed by atoms with van der Waals surface area (Å²) in [5.74, 6) is 0. The van der Waals surface area contributed by atoms with Gasteiger partial charge < -0.3 is 23.2 Å². The Morgan fingerprint density at radius 2 is 0.681 bits per heavy atom. The van der Waals surface area contributed by atoms with Crippen LogP contribution in [0.5, 0.6) is 0 Å². The first-order chi connectivity index (χ1) is 34.2. The van der Waals surface area contributed by atoms with E-state index in [0.717, 1.165) is 100.0 Å². The van der Waals surface area contributed by atoms with Crippen LogP contribution in [-0.4, -0.2) is 4.57 Å². The van der Waals surface area contributed by atoms with E-state index in [9.17, 15) is 0 Å². The molecule has 69 heavy (non-hydrogen) atoms. The van der Waals surface area contributed by atoms with Crippen molar-refractivity contribution in [3.05, 3.63) is 249 Å². The highest BCUT2D eigenvalue weighted by atomic mass is 16.3. The minimum absolute atomic E-state index is 0.831. The molecule has 0 unspecified atom stereocenters. The van der Waals surface area contributed by atoms with Crippen LogP contribution in [0.15, 0.2) is 258 Å². The molecule has 0 saturated heterocycles. The molecule has 324 valence electrons. The van der Waals surface area contributed by atoms with Gasteiger partial charge in [0, 0.05) is 84.3 Å². The van der Waals surface area contributed by atoms with Gasteiger partial charge in [-0.15, -0.1) is 0 Å². The lowest BCUT2D eigenvalue weighted by Gasteiger charge is -2.25. The standard InChI is InChI=1S/C64H41N3O2/c1-5-15-42(16-6-1)43-25-27-47(28-26-43)65(44-17-7-2-8-18-44)49-29-32-54-61(40-49)68-59-37-34-53-52(63(54)59)35-38-60-64(53)55-33-30-50(41-62(55)69-60)66(45-19-9-3-10-20-45)48-31-36-58-56(39-48)51-23-13-14-24-57(51)67(58)46-21-11-4-12-22-46/h1-41H. The number of para-hydroxylation sites is 4. The molecule has 14 aromatic rings. The predicted molar refractivity (Wildman–Crippen MR) is 288 cm³/mol. The van der Waals surface area contributed by atoms with Crippen LogP contribution in [0, 0.1) is 0 Å². The highest BCUT2D eigenvalue weighted by Crippen LogP contribution is 2.46. The van der Waals surface area contributed by atoms with Crippen molar-refractivity contribution in [3.8, 4) is 16.8 Å². The molecule has 5 heteroatoms. The Morgan fingerprint density at radius 1 is 0.261 bits per heavy atom. The van der Waals surface area contributed by atoms with E-state index in [1.165, 1.54) is 27.4 Å². The normalized spacial score (nSPS) is 11.8. The van der Waals surface area contributed by atoms with E-state index in [1.807, 2.05) is 0 Å². The number of fused-ring (bicyclic) bond motifs is 12. The van der Waals surface area contributed by atoms with Crippen LogP contribution in [0.1, 0.15) is 0 Å². The number of hydrogen-bond acceptors (Lipinski definition) is 4. The Labute approximate surface area is 397 Å². The van der Waals surface area contributed by atoms with Crippen LogP contribution in [0.2, 0.25) is 0 Å². The molecule has 0 fully saturated rings. The van der Waals surface area contributed by atoms with E-state index in [1.54, 1.807) is 0 Å². The second kappa shape index (κ2) is 15.7. The number of furan rings is 2. The van der Waals surface area contributed by atoms with Crippen molar-refractivity contribution in [2.45, 2.75) is 0 Å². The van der Waals surface area contributed by atoms with Crippen molar-refractivity contribution in [2.75, 3.05) is 9.80 Å². The van der Waals surface area contributed by atoms with E-state index in [2.05, 4.69) is 263 Å². The zero-order valence-electron chi connectivity index (χ0n) is 37.3. The number of aromatic nitrogens is 1. The summed E-state index contributed by atoms with van der Waals surface area (Å²) < 4.78 is 15.9. The molecule has 0 aliphatic rings. The second-order valence-electron chi connectivity index (χ2n) is 17.7. The molecule has 0 N–H and O–H groups in total. The Bertz CT molecular complexity index is 4230. The first kappa shape index (κ1) is 38.9. The highest BCUT2D eigenvalue weighted by molar-refractivity contribution is 6.27. The Hall–Kier alpha value is -9.32. The third-order valence-corrected chi connectivity index (χ3v) is 13.7. The smallest absolute Gasteiger partial charge is 0.137 e. The maximum absolute atomic E-state index is 6.78. The monoisotopic (exact) mass is 883 g/mol. The van der Waals surface area contributed by atoms with Crippen molar-refractivity contribution >= 4 is 111 Å². The van der Waals surface area contributed by atoms with Crippen LogP contribution in [-0.2, 0) is 0 Å². The predicted octanol–water partition coefficient (Wildman–Crippen LogP) is 18.3. The molecule has 0 aliphatic carbocycles. The van der Waals surface area contributed by atoms with Gasteiger partial charge in [-0.3, -0.25) is 0 Å². The molecule has 0 atom stereocenters. The van der Waals surface area contributed by atoms with Gasteiger partial charge in [-0.25, -0.2) is 0 Å². The Morgan fingerprint density at radius 3 is 1.28 bits per heavy atom. The molecule has 3 heterocycles. The van der Waals surface area contributed by atoms with Crippen LogP contribution >= 0.6 is 0 Å². The fourth-order valence-electron chi connectivity index (χ4n) is 10.6. The summed E-state index contributed by atoms with van der Waals surface area (Å²) in [6.45, 7) is 0. The largest absolute Gasteiger partial charge is 0.456 e. The fraction of sp³-hybridized carbons (Fsp3) is 0. The average Bonchev–Trinajstić information content (AvgIpc) is 4.09. The molecule has 5 nitrogen and oxygen atoms in total. The molecule has 0 radical (unpaired) electrons. The van der Waals surface area contributed by atoms with E-state index in [4.69, 9.17) is 8.83 Å². The van der Waals surface area contributed by atoms with Crippen molar-refractivity contribution in [1.29, 1.82) is 0 Å². The molecule has 0 spiro atoms. The third-order valence-electron chi connectivity index (χ3n) is 13.7. The molecule has 14 rings (SSSR count). The molecule has 0 aliphatic heterocycles. The summed E-state index contributed by atoms with van der Waals surface area (Å²) in [6, 6.07) is 88.3. The quantitative estimate of drug-likeness (QED) is 0.152. The van der Waals surface area contributed by atoms with Crippen LogP contribution < -0.4 is 9.80 Å². The van der Waals surface area contributed by atoms with Gasteiger partial charge in [0.2, 0.25) is 0 Å². The number of rotatable bonds is 8. The van der Waals surface area contributed by atoms with E-state index in [0.29, 0.717) is 0 Å². The first-order valence-corrected chi connectivity index (χ1v) is 23.4. The van der Waals surface area contributed by atoms with Crippen molar-refractivity contribution in [2.24, 2.45) is 0 Å². The van der Waals surface area contributed by atoms with Gasteiger partial charge >= 0.3 is 0 Å². The lowest BCUT2D eigenvalue weighted by Crippen LogP contribution is -2.09. The molecule has 0 saturated carbocycles. The molecule has 0 bridgehead atoms. The zero-order chi connectivity index (χ0) is 45.4. The number of anilines is 6. The minimum Gasteiger partial charge on any atom is -0.456 e. The van der Waals surface area contributed by atoms with Crippen LogP contribution in [0.25, 0.3) is 93.3 Å². The zero-order valence-corrected chi connectivity index (χ0v) is 37.3. The Balaban J connectivity index is 0.875. The van der Waals surface area contributed by atoms with Gasteiger partial charge in [0.05, 0.1) is 11.0 Å². The van der Waals surface area contributed by atoms with Crippen molar-refractivity contribution < 1.29 is 8.83 Å². The first-order valence-electron chi connectivity index (χ1n) is 23.4.